The molecule has 0 rings (SSSR count). The molecule has 0 aliphatic carbocycles. The van der Waals surface area contributed by atoms with Gasteiger partial charge in [-0.05, 0) is 13.3 Å². The van der Waals surface area contributed by atoms with Crippen LogP contribution in [0.2, 0.25) is 0 Å². The number of rotatable bonds is 9. The van der Waals surface area contributed by atoms with Crippen LogP contribution in [0.5, 0.6) is 0 Å². The molecule has 0 spiro atoms. The van der Waals surface area contributed by atoms with Gasteiger partial charge in [0.1, 0.15) is 0 Å². The molecule has 0 radical (unpaired) electrons. The van der Waals surface area contributed by atoms with E-state index < -0.39 is 0 Å². The zero-order valence-corrected chi connectivity index (χ0v) is 10.7. The van der Waals surface area contributed by atoms with Crippen LogP contribution in [0.25, 0.3) is 0 Å². The topological polar surface area (TPSA) is 59.6 Å². The van der Waals surface area contributed by atoms with E-state index in [1.54, 1.807) is 14.2 Å². The Bertz CT molecular complexity index is 188. The van der Waals surface area contributed by atoms with E-state index in [1.165, 1.54) is 0 Å². The van der Waals surface area contributed by atoms with Gasteiger partial charge in [0, 0.05) is 26.8 Å². The Kier molecular flexibility index (Phi) is 9.18. The number of ether oxygens (including phenoxy) is 2. The molecule has 2 N–H and O–H groups in total. The van der Waals surface area contributed by atoms with E-state index in [9.17, 15) is 4.79 Å². The Morgan fingerprint density at radius 3 is 2.56 bits per heavy atom. The lowest BCUT2D eigenvalue weighted by atomic mass is 10.2. The Labute approximate surface area is 97.9 Å². The highest BCUT2D eigenvalue weighted by Gasteiger charge is 2.08. The van der Waals surface area contributed by atoms with Gasteiger partial charge in [0.2, 0.25) is 5.91 Å². The zero-order chi connectivity index (χ0) is 12.4. The lowest BCUT2D eigenvalue weighted by molar-refractivity contribution is -0.120. The van der Waals surface area contributed by atoms with E-state index in [0.717, 1.165) is 6.42 Å². The third kappa shape index (κ3) is 7.62. The summed E-state index contributed by atoms with van der Waals surface area (Å²) in [4.78, 5) is 11.4. The Balaban J connectivity index is 3.59. The maximum atomic E-state index is 11.4. The Morgan fingerprint density at radius 2 is 2.06 bits per heavy atom. The monoisotopic (exact) mass is 232 g/mol. The third-order valence-electron chi connectivity index (χ3n) is 2.36. The third-order valence-corrected chi connectivity index (χ3v) is 2.36. The molecule has 96 valence electrons. The van der Waals surface area contributed by atoms with Crippen LogP contribution in [0.15, 0.2) is 0 Å². The lowest BCUT2D eigenvalue weighted by Crippen LogP contribution is -2.41. The highest BCUT2D eigenvalue weighted by Crippen LogP contribution is 1.89. The number of hydrogen-bond acceptors (Lipinski definition) is 4. The molecular formula is C11H24N2O3. The molecule has 0 aliphatic rings. The number of hydrogen-bond donors (Lipinski definition) is 2. The fourth-order valence-electron chi connectivity index (χ4n) is 1.17. The SMILES string of the molecule is CCC(C)NC(=O)CNCC(COC)OC. The van der Waals surface area contributed by atoms with E-state index >= 15 is 0 Å². The van der Waals surface area contributed by atoms with Crippen LogP contribution in [-0.4, -0.2) is 52.0 Å². The normalized spacial score (nSPS) is 14.5. The summed E-state index contributed by atoms with van der Waals surface area (Å²) in [5, 5.41) is 5.91. The van der Waals surface area contributed by atoms with Gasteiger partial charge in [-0.25, -0.2) is 0 Å². The summed E-state index contributed by atoms with van der Waals surface area (Å²) in [7, 11) is 3.26. The molecule has 0 aromatic heterocycles. The van der Waals surface area contributed by atoms with Crippen molar-refractivity contribution in [1.82, 2.24) is 10.6 Å². The first kappa shape index (κ1) is 15.3. The average molecular weight is 232 g/mol. The minimum atomic E-state index is -0.0126. The summed E-state index contributed by atoms with van der Waals surface area (Å²) in [5.41, 5.74) is 0. The molecular weight excluding hydrogens is 208 g/mol. The molecule has 0 saturated heterocycles. The van der Waals surface area contributed by atoms with E-state index in [0.29, 0.717) is 19.7 Å². The van der Waals surface area contributed by atoms with Crippen molar-refractivity contribution in [1.29, 1.82) is 0 Å². The molecule has 0 fully saturated rings. The summed E-state index contributed by atoms with van der Waals surface area (Å²) in [6, 6.07) is 0.228. The summed E-state index contributed by atoms with van der Waals surface area (Å²) < 4.78 is 10.1. The zero-order valence-electron chi connectivity index (χ0n) is 10.7. The number of amides is 1. The van der Waals surface area contributed by atoms with Crippen LogP contribution in [0.4, 0.5) is 0 Å². The lowest BCUT2D eigenvalue weighted by Gasteiger charge is -2.16. The van der Waals surface area contributed by atoms with Gasteiger partial charge in [-0.15, -0.1) is 0 Å². The van der Waals surface area contributed by atoms with Gasteiger partial charge in [0.25, 0.3) is 0 Å². The minimum absolute atomic E-state index is 0.0126. The van der Waals surface area contributed by atoms with Gasteiger partial charge in [-0.2, -0.15) is 0 Å². The molecule has 5 nitrogen and oxygen atoms in total. The number of carbonyl (C=O) groups excluding carboxylic acids is 1. The van der Waals surface area contributed by atoms with Crippen molar-refractivity contribution in [3.05, 3.63) is 0 Å². The van der Waals surface area contributed by atoms with Crippen LogP contribution >= 0.6 is 0 Å². The fraction of sp³-hybridized carbons (Fsp3) is 0.909. The second-order valence-electron chi connectivity index (χ2n) is 3.82. The molecule has 16 heavy (non-hydrogen) atoms. The molecule has 5 heteroatoms. The largest absolute Gasteiger partial charge is 0.382 e. The van der Waals surface area contributed by atoms with Crippen molar-refractivity contribution >= 4 is 5.91 Å². The van der Waals surface area contributed by atoms with Crippen molar-refractivity contribution in [2.45, 2.75) is 32.4 Å². The molecule has 0 saturated carbocycles. The Hall–Kier alpha value is -0.650. The van der Waals surface area contributed by atoms with Gasteiger partial charge in [0.15, 0.2) is 0 Å². The molecule has 0 heterocycles. The molecule has 0 aromatic carbocycles. The second kappa shape index (κ2) is 9.57. The predicted octanol–water partition coefficient (Wildman–Crippen LogP) is 0.152. The molecule has 0 bridgehead atoms. The number of carbonyl (C=O) groups is 1. The molecule has 0 aliphatic heterocycles. The van der Waals surface area contributed by atoms with Crippen LogP contribution in [-0.2, 0) is 14.3 Å². The van der Waals surface area contributed by atoms with Crippen LogP contribution in [0.1, 0.15) is 20.3 Å². The maximum absolute atomic E-state index is 11.4. The summed E-state index contributed by atoms with van der Waals surface area (Å²) in [6.07, 6.45) is 0.928. The van der Waals surface area contributed by atoms with Crippen LogP contribution in [0.3, 0.4) is 0 Å². The number of nitrogens with one attached hydrogen (secondary N) is 2. The van der Waals surface area contributed by atoms with Crippen molar-refractivity contribution < 1.29 is 14.3 Å². The minimum Gasteiger partial charge on any atom is -0.382 e. The quantitative estimate of drug-likeness (QED) is 0.594. The van der Waals surface area contributed by atoms with Gasteiger partial charge in [-0.1, -0.05) is 6.92 Å². The highest BCUT2D eigenvalue weighted by molar-refractivity contribution is 5.78. The highest BCUT2D eigenvalue weighted by atomic mass is 16.5. The average Bonchev–Trinajstić information content (AvgIpc) is 2.27. The van der Waals surface area contributed by atoms with Gasteiger partial charge >= 0.3 is 0 Å². The summed E-state index contributed by atoms with van der Waals surface area (Å²) in [5.74, 6) is 0.0154. The summed E-state index contributed by atoms with van der Waals surface area (Å²) >= 11 is 0. The van der Waals surface area contributed by atoms with E-state index in [-0.39, 0.29) is 18.1 Å². The van der Waals surface area contributed by atoms with Crippen molar-refractivity contribution in [3.63, 3.8) is 0 Å². The first-order valence-corrected chi connectivity index (χ1v) is 5.65. The smallest absolute Gasteiger partial charge is 0.234 e. The van der Waals surface area contributed by atoms with Gasteiger partial charge in [0.05, 0.1) is 19.3 Å². The van der Waals surface area contributed by atoms with Crippen molar-refractivity contribution in [2.75, 3.05) is 33.9 Å². The van der Waals surface area contributed by atoms with E-state index in [1.807, 2.05) is 13.8 Å². The summed E-state index contributed by atoms with van der Waals surface area (Å²) in [6.45, 7) is 5.47. The standard InChI is InChI=1S/C11H24N2O3/c1-5-9(2)13-11(14)7-12-6-10(16-4)8-15-3/h9-10,12H,5-8H2,1-4H3,(H,13,14). The number of methoxy groups -OCH3 is 2. The molecule has 0 aromatic rings. The van der Waals surface area contributed by atoms with Gasteiger partial charge in [-0.3, -0.25) is 4.79 Å². The molecule has 2 unspecified atom stereocenters. The van der Waals surface area contributed by atoms with E-state index in [4.69, 9.17) is 9.47 Å². The van der Waals surface area contributed by atoms with Crippen LogP contribution < -0.4 is 10.6 Å². The first-order valence-electron chi connectivity index (χ1n) is 5.65. The molecule has 2 atom stereocenters. The van der Waals surface area contributed by atoms with Crippen molar-refractivity contribution in [3.8, 4) is 0 Å². The first-order chi connectivity index (χ1) is 7.63. The molecule has 1 amide bonds. The van der Waals surface area contributed by atoms with Crippen LogP contribution in [0, 0.1) is 0 Å². The van der Waals surface area contributed by atoms with Gasteiger partial charge < -0.3 is 20.1 Å². The Morgan fingerprint density at radius 1 is 1.38 bits per heavy atom. The van der Waals surface area contributed by atoms with E-state index in [2.05, 4.69) is 10.6 Å². The maximum Gasteiger partial charge on any atom is 0.234 e. The fourth-order valence-corrected chi connectivity index (χ4v) is 1.17. The predicted molar refractivity (Wildman–Crippen MR) is 63.4 cm³/mol. The van der Waals surface area contributed by atoms with Crippen molar-refractivity contribution in [2.24, 2.45) is 0 Å². The second-order valence-corrected chi connectivity index (χ2v) is 3.82.